The van der Waals surface area contributed by atoms with Crippen molar-refractivity contribution in [2.24, 2.45) is 0 Å². The van der Waals surface area contributed by atoms with Crippen molar-refractivity contribution < 1.29 is 9.90 Å². The molecule has 0 amide bonds. The molecule has 16 heavy (non-hydrogen) atoms. The number of H-pyrrole nitrogens is 1. The minimum absolute atomic E-state index is 0.194. The number of nitrogens with one attached hydrogen (secondary N) is 1. The molecular weight excluding hydrogens is 226 g/mol. The van der Waals surface area contributed by atoms with Gasteiger partial charge in [0.1, 0.15) is 5.69 Å². The van der Waals surface area contributed by atoms with Crippen LogP contribution in [0.1, 0.15) is 16.2 Å². The van der Waals surface area contributed by atoms with Gasteiger partial charge in [-0.25, -0.2) is 4.79 Å². The van der Waals surface area contributed by atoms with E-state index in [0.717, 1.165) is 11.3 Å². The van der Waals surface area contributed by atoms with Crippen LogP contribution in [0.4, 0.5) is 0 Å². The Bertz CT molecular complexity index is 546. The number of rotatable bonds is 2. The molecule has 2 rings (SSSR count). The van der Waals surface area contributed by atoms with Crippen molar-refractivity contribution in [3.05, 3.63) is 46.7 Å². The predicted molar refractivity (Wildman–Crippen MR) is 62.9 cm³/mol. The fourth-order valence-electron chi connectivity index (χ4n) is 1.64. The Morgan fingerprint density at radius 3 is 2.75 bits per heavy atom. The molecule has 0 aliphatic heterocycles. The van der Waals surface area contributed by atoms with Gasteiger partial charge in [-0.3, -0.25) is 0 Å². The first-order valence-corrected chi connectivity index (χ1v) is 5.14. The molecule has 1 aromatic carbocycles. The lowest BCUT2D eigenvalue weighted by Gasteiger charge is -2.00. The molecule has 0 saturated heterocycles. The first-order valence-electron chi connectivity index (χ1n) is 4.77. The molecule has 0 saturated carbocycles. The number of benzene rings is 1. The molecule has 0 unspecified atom stereocenters. The molecular formula is C12H10ClNO2. The molecule has 2 aromatic rings. The van der Waals surface area contributed by atoms with E-state index >= 15 is 0 Å². The van der Waals surface area contributed by atoms with E-state index < -0.39 is 5.97 Å². The van der Waals surface area contributed by atoms with Gasteiger partial charge in [-0.15, -0.1) is 0 Å². The van der Waals surface area contributed by atoms with Crippen LogP contribution in [0.15, 0.2) is 30.3 Å². The SMILES string of the molecule is Cc1cc(-c2cccc(Cl)c2)c(C(=O)O)[nH]1. The number of halogens is 1. The fraction of sp³-hybridized carbons (Fsp3) is 0.0833. The molecule has 2 N–H and O–H groups in total. The Kier molecular flexibility index (Phi) is 2.71. The van der Waals surface area contributed by atoms with E-state index in [1.807, 2.05) is 13.0 Å². The van der Waals surface area contributed by atoms with Crippen LogP contribution in [0.3, 0.4) is 0 Å². The van der Waals surface area contributed by atoms with Gasteiger partial charge in [-0.05, 0) is 30.7 Å². The molecule has 0 aliphatic carbocycles. The summed E-state index contributed by atoms with van der Waals surface area (Å²) in [5, 5.41) is 9.64. The highest BCUT2D eigenvalue weighted by atomic mass is 35.5. The molecule has 0 radical (unpaired) electrons. The third-order valence-corrected chi connectivity index (χ3v) is 2.54. The fourth-order valence-corrected chi connectivity index (χ4v) is 1.83. The summed E-state index contributed by atoms with van der Waals surface area (Å²) in [5.74, 6) is -0.969. The van der Waals surface area contributed by atoms with Crippen LogP contribution in [-0.2, 0) is 0 Å². The van der Waals surface area contributed by atoms with E-state index in [-0.39, 0.29) is 5.69 Å². The van der Waals surface area contributed by atoms with Gasteiger partial charge in [0.25, 0.3) is 0 Å². The van der Waals surface area contributed by atoms with E-state index in [0.29, 0.717) is 10.6 Å². The lowest BCUT2D eigenvalue weighted by atomic mass is 10.1. The van der Waals surface area contributed by atoms with Gasteiger partial charge in [0, 0.05) is 16.3 Å². The summed E-state index contributed by atoms with van der Waals surface area (Å²) in [6.45, 7) is 1.82. The van der Waals surface area contributed by atoms with Crippen LogP contribution in [0.2, 0.25) is 5.02 Å². The second kappa shape index (κ2) is 4.02. The third-order valence-electron chi connectivity index (χ3n) is 2.30. The molecule has 1 aromatic heterocycles. The number of hydrogen-bond donors (Lipinski definition) is 2. The van der Waals surface area contributed by atoms with Crippen LogP contribution < -0.4 is 0 Å². The van der Waals surface area contributed by atoms with Crippen LogP contribution >= 0.6 is 11.6 Å². The molecule has 3 nitrogen and oxygen atoms in total. The lowest BCUT2D eigenvalue weighted by Crippen LogP contribution is -1.98. The van der Waals surface area contributed by atoms with Crippen molar-refractivity contribution in [1.29, 1.82) is 0 Å². The first kappa shape index (κ1) is 10.8. The maximum atomic E-state index is 11.0. The standard InChI is InChI=1S/C12H10ClNO2/c1-7-5-10(11(14-7)12(15)16)8-3-2-4-9(13)6-8/h2-6,14H,1H3,(H,15,16). The average molecular weight is 236 g/mol. The normalized spacial score (nSPS) is 10.4. The maximum absolute atomic E-state index is 11.0. The van der Waals surface area contributed by atoms with Crippen LogP contribution in [0.5, 0.6) is 0 Å². The van der Waals surface area contributed by atoms with Crippen molar-refractivity contribution in [1.82, 2.24) is 4.98 Å². The second-order valence-electron chi connectivity index (χ2n) is 3.56. The van der Waals surface area contributed by atoms with E-state index in [1.54, 1.807) is 24.3 Å². The smallest absolute Gasteiger partial charge is 0.352 e. The van der Waals surface area contributed by atoms with Crippen molar-refractivity contribution in [3.63, 3.8) is 0 Å². The van der Waals surface area contributed by atoms with Gasteiger partial charge >= 0.3 is 5.97 Å². The van der Waals surface area contributed by atoms with E-state index in [1.165, 1.54) is 0 Å². The second-order valence-corrected chi connectivity index (χ2v) is 3.99. The number of aromatic nitrogens is 1. The molecule has 0 atom stereocenters. The Balaban J connectivity index is 2.59. The molecule has 1 heterocycles. The van der Waals surface area contributed by atoms with Gasteiger partial charge in [-0.2, -0.15) is 0 Å². The summed E-state index contributed by atoms with van der Waals surface area (Å²) in [7, 11) is 0. The van der Waals surface area contributed by atoms with Crippen molar-refractivity contribution in [2.75, 3.05) is 0 Å². The monoisotopic (exact) mass is 235 g/mol. The Labute approximate surface area is 97.7 Å². The zero-order valence-corrected chi connectivity index (χ0v) is 9.38. The van der Waals surface area contributed by atoms with Crippen LogP contribution in [-0.4, -0.2) is 16.1 Å². The Hall–Kier alpha value is -1.74. The number of aryl methyl sites for hydroxylation is 1. The molecule has 82 valence electrons. The summed E-state index contributed by atoms with van der Waals surface area (Å²) < 4.78 is 0. The predicted octanol–water partition coefficient (Wildman–Crippen LogP) is 3.34. The quantitative estimate of drug-likeness (QED) is 0.839. The van der Waals surface area contributed by atoms with E-state index in [2.05, 4.69) is 4.98 Å². The van der Waals surface area contributed by atoms with E-state index in [9.17, 15) is 4.79 Å². The van der Waals surface area contributed by atoms with Crippen LogP contribution in [0, 0.1) is 6.92 Å². The molecule has 0 fully saturated rings. The third kappa shape index (κ3) is 1.95. The summed E-state index contributed by atoms with van der Waals surface area (Å²) in [5.41, 5.74) is 2.47. The minimum Gasteiger partial charge on any atom is -0.477 e. The summed E-state index contributed by atoms with van der Waals surface area (Å²) in [4.78, 5) is 13.8. The van der Waals surface area contributed by atoms with Gasteiger partial charge in [0.05, 0.1) is 0 Å². The molecule has 0 aliphatic rings. The van der Waals surface area contributed by atoms with Crippen LogP contribution in [0.25, 0.3) is 11.1 Å². The summed E-state index contributed by atoms with van der Waals surface area (Å²) in [6, 6.07) is 8.93. The van der Waals surface area contributed by atoms with Gasteiger partial charge in [-0.1, -0.05) is 23.7 Å². The molecule has 4 heteroatoms. The largest absolute Gasteiger partial charge is 0.477 e. The van der Waals surface area contributed by atoms with Crippen molar-refractivity contribution >= 4 is 17.6 Å². The zero-order chi connectivity index (χ0) is 11.7. The Morgan fingerprint density at radius 2 is 2.12 bits per heavy atom. The van der Waals surface area contributed by atoms with Crippen molar-refractivity contribution in [2.45, 2.75) is 6.92 Å². The van der Waals surface area contributed by atoms with Gasteiger partial charge < -0.3 is 10.1 Å². The summed E-state index contributed by atoms with van der Waals surface area (Å²) in [6.07, 6.45) is 0. The maximum Gasteiger partial charge on any atom is 0.352 e. The highest BCUT2D eigenvalue weighted by Crippen LogP contribution is 2.26. The Morgan fingerprint density at radius 1 is 1.38 bits per heavy atom. The average Bonchev–Trinajstić information content (AvgIpc) is 2.60. The summed E-state index contributed by atoms with van der Waals surface area (Å²) >= 11 is 5.88. The van der Waals surface area contributed by atoms with Gasteiger partial charge in [0.2, 0.25) is 0 Å². The minimum atomic E-state index is -0.969. The number of carboxylic acids is 1. The lowest BCUT2D eigenvalue weighted by molar-refractivity contribution is 0.0692. The number of hydrogen-bond acceptors (Lipinski definition) is 1. The highest BCUT2D eigenvalue weighted by Gasteiger charge is 2.14. The first-order chi connectivity index (χ1) is 7.58. The molecule has 0 bridgehead atoms. The number of aromatic amines is 1. The number of carbonyl (C=O) groups is 1. The number of aromatic carboxylic acids is 1. The zero-order valence-electron chi connectivity index (χ0n) is 8.62. The van der Waals surface area contributed by atoms with Gasteiger partial charge in [0.15, 0.2) is 0 Å². The topological polar surface area (TPSA) is 53.1 Å². The highest BCUT2D eigenvalue weighted by molar-refractivity contribution is 6.30. The number of carboxylic acid groups (broad SMARTS) is 1. The van der Waals surface area contributed by atoms with Crippen molar-refractivity contribution in [3.8, 4) is 11.1 Å². The molecule has 0 spiro atoms. The van der Waals surface area contributed by atoms with E-state index in [4.69, 9.17) is 16.7 Å².